The van der Waals surface area contributed by atoms with Gasteiger partial charge in [-0.05, 0) is 25.5 Å². The molecule has 0 bridgehead atoms. The van der Waals surface area contributed by atoms with Crippen molar-refractivity contribution in [3.8, 4) is 5.95 Å². The summed E-state index contributed by atoms with van der Waals surface area (Å²) in [6.07, 6.45) is 2.94. The molecule has 0 aliphatic carbocycles. The Morgan fingerprint density at radius 2 is 2.11 bits per heavy atom. The van der Waals surface area contributed by atoms with E-state index in [1.807, 2.05) is 6.92 Å². The molecule has 0 aliphatic rings. The fourth-order valence-corrected chi connectivity index (χ4v) is 2.56. The third-order valence-corrected chi connectivity index (χ3v) is 3.77. The number of nitrogens with one attached hydrogen (secondary N) is 3. The number of hydrogen-bond donors (Lipinski definition) is 3. The van der Waals surface area contributed by atoms with Gasteiger partial charge < -0.3 is 15.1 Å². The third kappa shape index (κ3) is 4.53. The van der Waals surface area contributed by atoms with E-state index in [1.165, 1.54) is 17.0 Å². The van der Waals surface area contributed by atoms with Crippen molar-refractivity contribution in [1.29, 1.82) is 0 Å². The Kier molecular flexibility index (Phi) is 5.68. The van der Waals surface area contributed by atoms with Crippen LogP contribution in [0.15, 0.2) is 39.7 Å². The van der Waals surface area contributed by atoms with Gasteiger partial charge in [-0.1, -0.05) is 13.3 Å². The number of H-pyrrole nitrogens is 1. The zero-order valence-corrected chi connectivity index (χ0v) is 15.5. The highest BCUT2D eigenvalue weighted by molar-refractivity contribution is 6.39. The van der Waals surface area contributed by atoms with Crippen molar-refractivity contribution in [2.24, 2.45) is 0 Å². The van der Waals surface area contributed by atoms with Crippen LogP contribution < -0.4 is 16.2 Å². The number of carbonyl (C=O) groups excluding carboxylic acids is 2. The quantitative estimate of drug-likeness (QED) is 0.544. The Morgan fingerprint density at radius 1 is 1.29 bits per heavy atom. The number of aromatic nitrogens is 4. The zero-order chi connectivity index (χ0) is 20.1. The SMILES string of the molecule is CCCc1cc(=O)[nH]c(-n2nc(C)cc2NC(=O)C(=O)NCc2ccco2)n1. The fraction of sp³-hybridized carbons (Fsp3) is 0.278. The van der Waals surface area contributed by atoms with Crippen molar-refractivity contribution >= 4 is 17.6 Å². The van der Waals surface area contributed by atoms with E-state index in [1.54, 1.807) is 25.1 Å². The monoisotopic (exact) mass is 384 g/mol. The molecule has 0 spiro atoms. The molecule has 0 fully saturated rings. The number of amides is 2. The lowest BCUT2D eigenvalue weighted by molar-refractivity contribution is -0.136. The molecule has 0 radical (unpaired) electrons. The minimum absolute atomic E-state index is 0.0888. The van der Waals surface area contributed by atoms with Crippen LogP contribution in [0.1, 0.15) is 30.5 Å². The summed E-state index contributed by atoms with van der Waals surface area (Å²) in [6.45, 7) is 3.79. The van der Waals surface area contributed by atoms with Gasteiger partial charge in [-0.3, -0.25) is 19.4 Å². The summed E-state index contributed by atoms with van der Waals surface area (Å²) in [5.41, 5.74) is 0.868. The summed E-state index contributed by atoms with van der Waals surface area (Å²) in [6, 6.07) is 6.36. The van der Waals surface area contributed by atoms with E-state index in [0.29, 0.717) is 23.6 Å². The molecule has 3 rings (SSSR count). The molecule has 10 nitrogen and oxygen atoms in total. The van der Waals surface area contributed by atoms with Crippen molar-refractivity contribution in [3.63, 3.8) is 0 Å². The van der Waals surface area contributed by atoms with E-state index >= 15 is 0 Å². The molecule has 10 heteroatoms. The Labute approximate surface area is 160 Å². The van der Waals surface area contributed by atoms with Crippen LogP contribution in [0.2, 0.25) is 0 Å². The van der Waals surface area contributed by atoms with Crippen LogP contribution in [0.3, 0.4) is 0 Å². The number of hydrogen-bond acceptors (Lipinski definition) is 6. The average Bonchev–Trinajstić information content (AvgIpc) is 3.29. The van der Waals surface area contributed by atoms with E-state index in [0.717, 1.165) is 6.42 Å². The van der Waals surface area contributed by atoms with Gasteiger partial charge in [-0.25, -0.2) is 4.98 Å². The number of rotatable bonds is 6. The molecule has 146 valence electrons. The van der Waals surface area contributed by atoms with Gasteiger partial charge in [0.15, 0.2) is 0 Å². The van der Waals surface area contributed by atoms with Crippen LogP contribution in [-0.2, 0) is 22.6 Å². The molecule has 3 aromatic rings. The standard InChI is InChI=1S/C18H20N6O4/c1-3-5-12-9-15(25)22-18(20-12)24-14(8-11(2)23-24)21-17(27)16(26)19-10-13-6-4-7-28-13/h4,6-9H,3,5,10H2,1-2H3,(H,19,26)(H,21,27)(H,20,22,25). The van der Waals surface area contributed by atoms with Crippen molar-refractivity contribution in [1.82, 2.24) is 25.1 Å². The predicted octanol–water partition coefficient (Wildman–Crippen LogP) is 1.06. The smallest absolute Gasteiger partial charge is 0.314 e. The number of anilines is 1. The lowest BCUT2D eigenvalue weighted by atomic mass is 10.2. The van der Waals surface area contributed by atoms with Crippen molar-refractivity contribution in [2.75, 3.05) is 5.32 Å². The van der Waals surface area contributed by atoms with E-state index in [9.17, 15) is 14.4 Å². The van der Waals surface area contributed by atoms with E-state index < -0.39 is 11.8 Å². The highest BCUT2D eigenvalue weighted by atomic mass is 16.3. The average molecular weight is 384 g/mol. The van der Waals surface area contributed by atoms with Gasteiger partial charge in [0.05, 0.1) is 18.5 Å². The first-order valence-corrected chi connectivity index (χ1v) is 8.75. The molecule has 0 atom stereocenters. The summed E-state index contributed by atoms with van der Waals surface area (Å²) in [4.78, 5) is 43.1. The van der Waals surface area contributed by atoms with Gasteiger partial charge in [-0.15, -0.1) is 0 Å². The second-order valence-electron chi connectivity index (χ2n) is 6.11. The molecule has 3 N–H and O–H groups in total. The summed E-state index contributed by atoms with van der Waals surface area (Å²) in [5.74, 6) is -0.804. The third-order valence-electron chi connectivity index (χ3n) is 3.77. The summed E-state index contributed by atoms with van der Waals surface area (Å²) < 4.78 is 6.39. The molecular weight excluding hydrogens is 364 g/mol. The van der Waals surface area contributed by atoms with Crippen LogP contribution >= 0.6 is 0 Å². The highest BCUT2D eigenvalue weighted by Crippen LogP contribution is 2.14. The van der Waals surface area contributed by atoms with Crippen LogP contribution in [-0.4, -0.2) is 31.6 Å². The molecule has 0 saturated carbocycles. The van der Waals surface area contributed by atoms with E-state index in [-0.39, 0.29) is 23.9 Å². The van der Waals surface area contributed by atoms with Crippen LogP contribution in [0.4, 0.5) is 5.82 Å². The molecule has 0 saturated heterocycles. The van der Waals surface area contributed by atoms with Crippen molar-refractivity contribution < 1.29 is 14.0 Å². The van der Waals surface area contributed by atoms with Gasteiger partial charge in [-0.2, -0.15) is 9.78 Å². The van der Waals surface area contributed by atoms with Crippen molar-refractivity contribution in [2.45, 2.75) is 33.2 Å². The van der Waals surface area contributed by atoms with Crippen LogP contribution in [0.5, 0.6) is 0 Å². The molecule has 0 unspecified atom stereocenters. The largest absolute Gasteiger partial charge is 0.467 e. The lowest BCUT2D eigenvalue weighted by Crippen LogP contribution is -2.35. The molecule has 0 aromatic carbocycles. The maximum atomic E-state index is 12.2. The number of nitrogens with zero attached hydrogens (tertiary/aromatic N) is 3. The van der Waals surface area contributed by atoms with Gasteiger partial charge in [0.2, 0.25) is 5.95 Å². The van der Waals surface area contributed by atoms with Gasteiger partial charge in [0.25, 0.3) is 5.56 Å². The zero-order valence-electron chi connectivity index (χ0n) is 15.5. The van der Waals surface area contributed by atoms with Crippen molar-refractivity contribution in [3.05, 3.63) is 58.0 Å². The second kappa shape index (κ2) is 8.33. The van der Waals surface area contributed by atoms with Gasteiger partial charge >= 0.3 is 11.8 Å². The summed E-state index contributed by atoms with van der Waals surface area (Å²) >= 11 is 0. The summed E-state index contributed by atoms with van der Waals surface area (Å²) in [5, 5.41) is 9.19. The second-order valence-corrected chi connectivity index (χ2v) is 6.11. The Morgan fingerprint density at radius 3 is 2.82 bits per heavy atom. The number of carbonyl (C=O) groups is 2. The maximum Gasteiger partial charge on any atom is 0.314 e. The fourth-order valence-electron chi connectivity index (χ4n) is 2.56. The molecule has 0 aliphatic heterocycles. The topological polar surface area (TPSA) is 135 Å². The lowest BCUT2D eigenvalue weighted by Gasteiger charge is -2.09. The first-order valence-electron chi connectivity index (χ1n) is 8.75. The highest BCUT2D eigenvalue weighted by Gasteiger charge is 2.18. The minimum atomic E-state index is -0.875. The van der Waals surface area contributed by atoms with Gasteiger partial charge in [0, 0.05) is 17.8 Å². The Hall–Kier alpha value is -3.69. The van der Waals surface area contributed by atoms with Gasteiger partial charge in [0.1, 0.15) is 11.6 Å². The number of aryl methyl sites for hydroxylation is 2. The van der Waals surface area contributed by atoms with E-state index in [4.69, 9.17) is 4.42 Å². The molecule has 3 heterocycles. The molecule has 3 aromatic heterocycles. The minimum Gasteiger partial charge on any atom is -0.467 e. The normalized spacial score (nSPS) is 10.6. The Bertz CT molecular complexity index is 1030. The first kappa shape index (κ1) is 19.1. The molecule has 28 heavy (non-hydrogen) atoms. The molecule has 2 amide bonds. The molecular formula is C18H20N6O4. The van der Waals surface area contributed by atoms with Crippen LogP contribution in [0, 0.1) is 6.92 Å². The first-order chi connectivity index (χ1) is 13.5. The van der Waals surface area contributed by atoms with Crippen LogP contribution in [0.25, 0.3) is 5.95 Å². The van der Waals surface area contributed by atoms with E-state index in [2.05, 4.69) is 25.7 Å². The number of furan rings is 1. The summed E-state index contributed by atoms with van der Waals surface area (Å²) in [7, 11) is 0. The maximum absolute atomic E-state index is 12.2. The number of aromatic amines is 1. The predicted molar refractivity (Wildman–Crippen MR) is 99.9 cm³/mol. The Balaban J connectivity index is 1.77.